The minimum absolute atomic E-state index is 0.0653. The van der Waals surface area contributed by atoms with E-state index in [0.29, 0.717) is 23.8 Å². The number of anilines is 1. The van der Waals surface area contributed by atoms with E-state index in [2.05, 4.69) is 28.2 Å². The molecular weight excluding hydrogens is 424 g/mol. The molecule has 0 spiro atoms. The zero-order valence-electron chi connectivity index (χ0n) is 18.2. The highest BCUT2D eigenvalue weighted by Crippen LogP contribution is 2.37. The molecule has 5 rings (SSSR count). The van der Waals surface area contributed by atoms with Gasteiger partial charge in [0.25, 0.3) is 0 Å². The molecule has 2 aliphatic rings. The van der Waals surface area contributed by atoms with Gasteiger partial charge in [-0.05, 0) is 53.9 Å². The van der Waals surface area contributed by atoms with Crippen LogP contribution < -0.4 is 10.5 Å². The van der Waals surface area contributed by atoms with Crippen LogP contribution >= 0.6 is 11.6 Å². The highest BCUT2D eigenvalue weighted by molar-refractivity contribution is 6.33. The van der Waals surface area contributed by atoms with E-state index < -0.39 is 0 Å². The smallest absolute Gasteiger partial charge is 0.234 e. The molecule has 2 aliphatic heterocycles. The largest absolute Gasteiger partial charge is 0.598 e. The number of rotatable bonds is 3. The number of allylic oxidation sites excluding steroid dienone is 1. The number of carbonyl (C=O) groups excluding carboxylic acids is 1. The maximum absolute atomic E-state index is 13.6. The predicted octanol–water partition coefficient (Wildman–Crippen LogP) is 4.40. The minimum Gasteiger partial charge on any atom is -0.598 e. The van der Waals surface area contributed by atoms with Crippen molar-refractivity contribution in [1.82, 2.24) is 20.2 Å². The van der Waals surface area contributed by atoms with Gasteiger partial charge in [0.15, 0.2) is 0 Å². The molecule has 1 unspecified atom stereocenters. The molecule has 0 bridgehead atoms. The molecular formula is C24H24ClN6O-. The summed E-state index contributed by atoms with van der Waals surface area (Å²) < 4.78 is 1.80. The molecule has 8 heteroatoms. The first-order valence-electron chi connectivity index (χ1n) is 10.5. The maximum atomic E-state index is 13.6. The predicted molar refractivity (Wildman–Crippen MR) is 125 cm³/mol. The van der Waals surface area contributed by atoms with Crippen molar-refractivity contribution in [3.8, 4) is 0 Å². The summed E-state index contributed by atoms with van der Waals surface area (Å²) in [6, 6.07) is 14.1. The van der Waals surface area contributed by atoms with E-state index in [9.17, 15) is 4.79 Å². The first kappa shape index (κ1) is 20.6. The summed E-state index contributed by atoms with van der Waals surface area (Å²) in [5.41, 5.74) is 13.7. The molecule has 1 N–H and O–H groups in total. The third kappa shape index (κ3) is 3.53. The van der Waals surface area contributed by atoms with Crippen LogP contribution in [0.2, 0.25) is 5.02 Å². The number of halogens is 1. The molecule has 3 heterocycles. The lowest BCUT2D eigenvalue weighted by Gasteiger charge is -2.36. The van der Waals surface area contributed by atoms with E-state index in [-0.39, 0.29) is 11.8 Å². The van der Waals surface area contributed by atoms with E-state index in [1.165, 1.54) is 5.56 Å². The molecule has 2 aromatic carbocycles. The zero-order chi connectivity index (χ0) is 22.4. The summed E-state index contributed by atoms with van der Waals surface area (Å²) in [5, 5.41) is 6.69. The van der Waals surface area contributed by atoms with E-state index in [1.807, 2.05) is 68.5 Å². The lowest BCUT2D eigenvalue weighted by Crippen LogP contribution is -2.39. The van der Waals surface area contributed by atoms with Crippen molar-refractivity contribution in [3.63, 3.8) is 0 Å². The van der Waals surface area contributed by atoms with Gasteiger partial charge in [-0.15, -0.1) is 0 Å². The summed E-state index contributed by atoms with van der Waals surface area (Å²) in [4.78, 5) is 15.4. The van der Waals surface area contributed by atoms with Crippen LogP contribution in [-0.4, -0.2) is 27.1 Å². The lowest BCUT2D eigenvalue weighted by atomic mass is 9.86. The second-order valence-electron chi connectivity index (χ2n) is 8.32. The van der Waals surface area contributed by atoms with Gasteiger partial charge in [-0.3, -0.25) is 14.5 Å². The van der Waals surface area contributed by atoms with Crippen molar-refractivity contribution in [2.75, 3.05) is 11.6 Å². The van der Waals surface area contributed by atoms with Gasteiger partial charge >= 0.3 is 0 Å². The minimum atomic E-state index is -0.107. The molecule has 3 aromatic rings. The van der Waals surface area contributed by atoms with Crippen molar-refractivity contribution >= 4 is 23.2 Å². The van der Waals surface area contributed by atoms with Crippen LogP contribution in [0.1, 0.15) is 35.1 Å². The van der Waals surface area contributed by atoms with Crippen molar-refractivity contribution in [2.24, 2.45) is 7.05 Å². The van der Waals surface area contributed by atoms with Crippen LogP contribution in [0.25, 0.3) is 5.43 Å². The summed E-state index contributed by atoms with van der Waals surface area (Å²) in [7, 11) is 1.91. The topological polar surface area (TPSA) is 67.5 Å². The SMILES string of the molecule is CC1=C(C(=O)N2Cc3ccccc3C(c3cnn(C)c3)C2)[N-]NN1c1ccc(C)cc1Cl. The fourth-order valence-corrected chi connectivity index (χ4v) is 4.73. The Hall–Kier alpha value is -3.29. The summed E-state index contributed by atoms with van der Waals surface area (Å²) >= 11 is 6.45. The summed E-state index contributed by atoms with van der Waals surface area (Å²) in [6.07, 6.45) is 3.89. The Labute approximate surface area is 192 Å². The molecule has 0 aliphatic carbocycles. The maximum Gasteiger partial charge on any atom is 0.234 e. The van der Waals surface area contributed by atoms with Gasteiger partial charge in [0.05, 0.1) is 16.9 Å². The highest BCUT2D eigenvalue weighted by atomic mass is 35.5. The number of hydrogen-bond acceptors (Lipinski definition) is 4. The number of hydrogen-bond donors (Lipinski definition) is 1. The third-order valence-electron chi connectivity index (χ3n) is 6.10. The third-order valence-corrected chi connectivity index (χ3v) is 6.40. The Kier molecular flexibility index (Phi) is 5.15. The van der Waals surface area contributed by atoms with Crippen molar-refractivity contribution in [2.45, 2.75) is 26.3 Å². The van der Waals surface area contributed by atoms with Crippen LogP contribution in [0.3, 0.4) is 0 Å². The van der Waals surface area contributed by atoms with E-state index in [0.717, 1.165) is 28.1 Å². The van der Waals surface area contributed by atoms with E-state index in [1.54, 1.807) is 9.69 Å². The average molecular weight is 448 g/mol. The lowest BCUT2D eigenvalue weighted by molar-refractivity contribution is -0.128. The number of benzene rings is 2. The molecule has 1 amide bonds. The number of nitrogens with one attached hydrogen (secondary N) is 1. The van der Waals surface area contributed by atoms with Gasteiger partial charge < -0.3 is 15.9 Å². The number of carbonyl (C=O) groups is 1. The van der Waals surface area contributed by atoms with Crippen molar-refractivity contribution < 1.29 is 4.79 Å². The molecule has 7 nitrogen and oxygen atoms in total. The Morgan fingerprint density at radius 3 is 2.78 bits per heavy atom. The van der Waals surface area contributed by atoms with Crippen molar-refractivity contribution in [3.05, 3.63) is 99.0 Å². The molecule has 0 fully saturated rings. The standard InChI is InChI=1S/C24H24ClN6O/c1-15-8-9-22(21(25)10-15)31-16(2)23(27-28-31)24(32)30-13-17-6-4-5-7-19(17)20(14-30)18-11-26-29(3)12-18/h4-12,20,28H,13-14H2,1-3H3/q-1. The van der Waals surface area contributed by atoms with Gasteiger partial charge in [0.2, 0.25) is 5.91 Å². The average Bonchev–Trinajstić information content (AvgIpc) is 3.38. The first-order chi connectivity index (χ1) is 15.4. The molecule has 1 aromatic heterocycles. The number of aryl methyl sites for hydroxylation is 2. The second-order valence-corrected chi connectivity index (χ2v) is 8.73. The summed E-state index contributed by atoms with van der Waals surface area (Å²) in [5.74, 6) is -0.0420. The van der Waals surface area contributed by atoms with E-state index >= 15 is 0 Å². The highest BCUT2D eigenvalue weighted by Gasteiger charge is 2.31. The molecule has 32 heavy (non-hydrogen) atoms. The van der Waals surface area contributed by atoms with Crippen LogP contribution in [-0.2, 0) is 18.4 Å². The second kappa shape index (κ2) is 8.00. The molecule has 0 saturated heterocycles. The fourth-order valence-electron chi connectivity index (χ4n) is 4.41. The number of nitrogens with zero attached hydrogens (tertiary/aromatic N) is 5. The van der Waals surface area contributed by atoms with Crippen LogP contribution in [0, 0.1) is 6.92 Å². The Morgan fingerprint density at radius 2 is 2.03 bits per heavy atom. The van der Waals surface area contributed by atoms with E-state index in [4.69, 9.17) is 11.6 Å². The van der Waals surface area contributed by atoms with Crippen LogP contribution in [0.5, 0.6) is 0 Å². The fraction of sp³-hybridized carbons (Fsp3) is 0.250. The Balaban J connectivity index is 1.46. The number of aromatic nitrogens is 2. The van der Waals surface area contributed by atoms with Gasteiger partial charge in [-0.25, -0.2) is 0 Å². The van der Waals surface area contributed by atoms with Gasteiger partial charge in [0.1, 0.15) is 0 Å². The molecule has 164 valence electrons. The molecule has 0 radical (unpaired) electrons. The van der Waals surface area contributed by atoms with Gasteiger partial charge in [-0.2, -0.15) is 5.10 Å². The molecule has 1 atom stereocenters. The van der Waals surface area contributed by atoms with Crippen LogP contribution in [0.15, 0.2) is 66.3 Å². The van der Waals surface area contributed by atoms with Gasteiger partial charge in [-0.1, -0.05) is 41.9 Å². The number of hydrazine groups is 1. The monoisotopic (exact) mass is 447 g/mol. The van der Waals surface area contributed by atoms with Gasteiger partial charge in [0, 0.05) is 37.9 Å². The quantitative estimate of drug-likeness (QED) is 0.646. The summed E-state index contributed by atoms with van der Waals surface area (Å²) in [6.45, 7) is 4.98. The Morgan fingerprint density at radius 1 is 1.22 bits per heavy atom. The Bertz CT molecular complexity index is 1230. The van der Waals surface area contributed by atoms with Crippen molar-refractivity contribution in [1.29, 1.82) is 0 Å². The van der Waals surface area contributed by atoms with Crippen LogP contribution in [0.4, 0.5) is 5.69 Å². The normalized spacial score (nSPS) is 18.1. The first-order valence-corrected chi connectivity index (χ1v) is 10.9. The number of fused-ring (bicyclic) bond motifs is 1. The molecule has 0 saturated carbocycles. The number of amides is 1. The zero-order valence-corrected chi connectivity index (χ0v) is 19.0.